The van der Waals surface area contributed by atoms with Crippen molar-refractivity contribution in [3.8, 4) is 0 Å². The molecule has 1 aliphatic heterocycles. The smallest absolute Gasteiger partial charge is 0.193 e. The number of halogens is 1. The molecule has 1 aliphatic rings. The van der Waals surface area contributed by atoms with Crippen molar-refractivity contribution in [2.24, 2.45) is 10.9 Å². The molecule has 1 heterocycles. The standard InChI is InChI=1S/C15H31N3O2.HI/c1-4-16-15(17-9-6-5-7-10-19-3)18(2)12-14-8-11-20-13-14;/h14H,4-13H2,1-3H3,(H,16,17);1H. The molecule has 1 saturated heterocycles. The van der Waals surface area contributed by atoms with E-state index in [9.17, 15) is 0 Å². The maximum Gasteiger partial charge on any atom is 0.193 e. The summed E-state index contributed by atoms with van der Waals surface area (Å²) in [4.78, 5) is 6.94. The van der Waals surface area contributed by atoms with Crippen LogP contribution >= 0.6 is 24.0 Å². The number of aliphatic imine (C=N–C) groups is 1. The zero-order valence-electron chi connectivity index (χ0n) is 13.8. The Bertz CT molecular complexity index is 272. The summed E-state index contributed by atoms with van der Waals surface area (Å²) < 4.78 is 10.5. The molecule has 0 aliphatic carbocycles. The van der Waals surface area contributed by atoms with Crippen molar-refractivity contribution < 1.29 is 9.47 Å². The Kier molecular flexibility index (Phi) is 13.5. The third-order valence-corrected chi connectivity index (χ3v) is 3.52. The molecule has 0 aromatic rings. The van der Waals surface area contributed by atoms with Gasteiger partial charge in [0.05, 0.1) is 6.61 Å². The highest BCUT2D eigenvalue weighted by atomic mass is 127. The predicted octanol–water partition coefficient (Wildman–Crippen LogP) is 2.35. The Balaban J connectivity index is 0.00000400. The second-order valence-corrected chi connectivity index (χ2v) is 5.40. The number of guanidine groups is 1. The molecule has 1 N–H and O–H groups in total. The highest BCUT2D eigenvalue weighted by Crippen LogP contribution is 2.13. The largest absolute Gasteiger partial charge is 0.385 e. The van der Waals surface area contributed by atoms with Crippen molar-refractivity contribution in [3.05, 3.63) is 0 Å². The molecule has 0 spiro atoms. The van der Waals surface area contributed by atoms with Crippen molar-refractivity contribution in [2.75, 3.05) is 53.6 Å². The lowest BCUT2D eigenvalue weighted by Gasteiger charge is -2.24. The van der Waals surface area contributed by atoms with Gasteiger partial charge in [-0.15, -0.1) is 24.0 Å². The fourth-order valence-corrected chi connectivity index (χ4v) is 2.39. The quantitative estimate of drug-likeness (QED) is 0.273. The van der Waals surface area contributed by atoms with E-state index in [1.54, 1.807) is 7.11 Å². The Morgan fingerprint density at radius 2 is 2.19 bits per heavy atom. The molecule has 5 nitrogen and oxygen atoms in total. The molecule has 1 atom stereocenters. The summed E-state index contributed by atoms with van der Waals surface area (Å²) in [5.74, 6) is 1.66. The lowest BCUT2D eigenvalue weighted by atomic mass is 10.1. The zero-order valence-corrected chi connectivity index (χ0v) is 16.1. The number of hydrogen-bond donors (Lipinski definition) is 1. The van der Waals surface area contributed by atoms with Crippen LogP contribution in [0.4, 0.5) is 0 Å². The van der Waals surface area contributed by atoms with E-state index in [4.69, 9.17) is 14.5 Å². The van der Waals surface area contributed by atoms with Crippen LogP contribution in [0.5, 0.6) is 0 Å². The zero-order chi connectivity index (χ0) is 14.6. The summed E-state index contributed by atoms with van der Waals surface area (Å²) in [6, 6.07) is 0. The molecule has 0 aromatic heterocycles. The highest BCUT2D eigenvalue weighted by molar-refractivity contribution is 14.0. The van der Waals surface area contributed by atoms with Crippen molar-refractivity contribution in [2.45, 2.75) is 32.6 Å². The summed E-state index contributed by atoms with van der Waals surface area (Å²) >= 11 is 0. The molecule has 0 aromatic carbocycles. The van der Waals surface area contributed by atoms with Crippen LogP contribution in [0.25, 0.3) is 0 Å². The minimum Gasteiger partial charge on any atom is -0.385 e. The number of nitrogens with one attached hydrogen (secondary N) is 1. The second-order valence-electron chi connectivity index (χ2n) is 5.40. The number of methoxy groups -OCH3 is 1. The van der Waals surface area contributed by atoms with Gasteiger partial charge in [-0.3, -0.25) is 4.99 Å². The van der Waals surface area contributed by atoms with E-state index in [2.05, 4.69) is 24.2 Å². The third-order valence-electron chi connectivity index (χ3n) is 3.52. The van der Waals surface area contributed by atoms with Crippen molar-refractivity contribution in [3.63, 3.8) is 0 Å². The second kappa shape index (κ2) is 13.6. The molecule has 1 fully saturated rings. The van der Waals surface area contributed by atoms with E-state index in [1.165, 1.54) is 12.8 Å². The van der Waals surface area contributed by atoms with Gasteiger partial charge in [-0.25, -0.2) is 0 Å². The average molecular weight is 413 g/mol. The van der Waals surface area contributed by atoms with E-state index in [-0.39, 0.29) is 24.0 Å². The van der Waals surface area contributed by atoms with Gasteiger partial charge in [0.2, 0.25) is 0 Å². The topological polar surface area (TPSA) is 46.1 Å². The van der Waals surface area contributed by atoms with E-state index in [1.807, 2.05) is 0 Å². The van der Waals surface area contributed by atoms with Crippen molar-refractivity contribution in [1.29, 1.82) is 0 Å². The van der Waals surface area contributed by atoms with E-state index >= 15 is 0 Å². The minimum atomic E-state index is 0. The van der Waals surface area contributed by atoms with E-state index < -0.39 is 0 Å². The van der Waals surface area contributed by atoms with Gasteiger partial charge in [0.15, 0.2) is 5.96 Å². The Morgan fingerprint density at radius 1 is 1.38 bits per heavy atom. The van der Waals surface area contributed by atoms with Crippen LogP contribution in [-0.4, -0.2) is 64.5 Å². The fourth-order valence-electron chi connectivity index (χ4n) is 2.39. The van der Waals surface area contributed by atoms with Crippen LogP contribution in [-0.2, 0) is 9.47 Å². The Hall–Kier alpha value is -0.0800. The summed E-state index contributed by atoms with van der Waals surface area (Å²) in [5, 5.41) is 3.37. The molecule has 1 rings (SSSR count). The van der Waals surface area contributed by atoms with Crippen LogP contribution in [0.3, 0.4) is 0 Å². The van der Waals surface area contributed by atoms with Crippen LogP contribution in [0.2, 0.25) is 0 Å². The van der Waals surface area contributed by atoms with Gasteiger partial charge in [-0.1, -0.05) is 0 Å². The number of rotatable bonds is 9. The van der Waals surface area contributed by atoms with Crippen molar-refractivity contribution >= 4 is 29.9 Å². The minimum absolute atomic E-state index is 0. The summed E-state index contributed by atoms with van der Waals surface area (Å²) in [6.45, 7) is 7.58. The van der Waals surface area contributed by atoms with Gasteiger partial charge in [0.1, 0.15) is 0 Å². The summed E-state index contributed by atoms with van der Waals surface area (Å²) in [5.41, 5.74) is 0. The molecule has 0 saturated carbocycles. The lowest BCUT2D eigenvalue weighted by molar-refractivity contribution is 0.181. The first-order valence-corrected chi connectivity index (χ1v) is 7.84. The molecule has 0 amide bonds. The Morgan fingerprint density at radius 3 is 2.81 bits per heavy atom. The number of ether oxygens (including phenoxy) is 2. The van der Waals surface area contributed by atoms with Crippen molar-refractivity contribution in [1.82, 2.24) is 10.2 Å². The fraction of sp³-hybridized carbons (Fsp3) is 0.933. The number of hydrogen-bond acceptors (Lipinski definition) is 3. The first kappa shape index (κ1) is 20.9. The van der Waals surface area contributed by atoms with Crippen LogP contribution in [0, 0.1) is 5.92 Å². The molecule has 0 bridgehead atoms. The first-order chi connectivity index (χ1) is 9.77. The van der Waals surface area contributed by atoms with E-state index in [0.29, 0.717) is 5.92 Å². The number of nitrogens with zero attached hydrogens (tertiary/aromatic N) is 2. The first-order valence-electron chi connectivity index (χ1n) is 7.84. The number of unbranched alkanes of at least 4 members (excludes halogenated alkanes) is 2. The normalized spacial score (nSPS) is 18.4. The van der Waals surface area contributed by atoms with E-state index in [0.717, 1.165) is 58.3 Å². The predicted molar refractivity (Wildman–Crippen MR) is 98.7 cm³/mol. The maximum absolute atomic E-state index is 5.43. The molecule has 126 valence electrons. The lowest BCUT2D eigenvalue weighted by Crippen LogP contribution is -2.41. The van der Waals surface area contributed by atoms with Gasteiger partial charge in [0, 0.05) is 52.9 Å². The molecule has 21 heavy (non-hydrogen) atoms. The van der Waals surface area contributed by atoms with Gasteiger partial charge in [-0.2, -0.15) is 0 Å². The van der Waals surface area contributed by atoms with Gasteiger partial charge in [-0.05, 0) is 32.6 Å². The molecule has 6 heteroatoms. The highest BCUT2D eigenvalue weighted by Gasteiger charge is 2.18. The summed E-state index contributed by atoms with van der Waals surface area (Å²) in [6.07, 6.45) is 4.59. The molecular weight excluding hydrogens is 381 g/mol. The van der Waals surface area contributed by atoms with Gasteiger partial charge in [0.25, 0.3) is 0 Å². The molecule has 1 unspecified atom stereocenters. The van der Waals surface area contributed by atoms with Crippen LogP contribution in [0.15, 0.2) is 4.99 Å². The maximum atomic E-state index is 5.43. The summed E-state index contributed by atoms with van der Waals surface area (Å²) in [7, 11) is 3.87. The monoisotopic (exact) mass is 413 g/mol. The van der Waals surface area contributed by atoms with Crippen LogP contribution < -0.4 is 5.32 Å². The Labute approximate surface area is 146 Å². The molecular formula is C15H32IN3O2. The third kappa shape index (κ3) is 9.52. The van der Waals surface area contributed by atoms with Gasteiger partial charge >= 0.3 is 0 Å². The van der Waals surface area contributed by atoms with Gasteiger partial charge < -0.3 is 19.7 Å². The SMILES string of the molecule is CCNC(=NCCCCCOC)N(C)CC1CCOC1.I. The van der Waals surface area contributed by atoms with Crippen LogP contribution in [0.1, 0.15) is 32.6 Å². The molecule has 0 radical (unpaired) electrons. The average Bonchev–Trinajstić information content (AvgIpc) is 2.94.